The van der Waals surface area contributed by atoms with Gasteiger partial charge in [-0.15, -0.1) is 0 Å². The van der Waals surface area contributed by atoms with Gasteiger partial charge in [-0.05, 0) is 25.7 Å². The zero-order valence-electron chi connectivity index (χ0n) is 16.2. The van der Waals surface area contributed by atoms with Gasteiger partial charge in [-0.3, -0.25) is 0 Å². The Morgan fingerprint density at radius 1 is 0.565 bits per heavy atom. The summed E-state index contributed by atoms with van der Waals surface area (Å²) < 4.78 is 0. The highest BCUT2D eigenvalue weighted by atomic mass is 15.4. The van der Waals surface area contributed by atoms with E-state index in [1.165, 1.54) is 96.6 Å². The molecule has 0 spiro atoms. The maximum absolute atomic E-state index is 2.60. The minimum atomic E-state index is 0.646. The lowest BCUT2D eigenvalue weighted by molar-refractivity contribution is 0.136. The summed E-state index contributed by atoms with van der Waals surface area (Å²) in [4.78, 5) is 5.20. The molecule has 0 radical (unpaired) electrons. The predicted molar refractivity (Wildman–Crippen MR) is 103 cm³/mol. The molecule has 0 unspecified atom stereocenters. The maximum atomic E-state index is 2.60. The average Bonchev–Trinajstić information content (AvgIpc) is 2.95. The fourth-order valence-corrected chi connectivity index (χ4v) is 3.48. The Kier molecular flexibility index (Phi) is 12.2. The molecule has 0 fully saturated rings. The lowest BCUT2D eigenvalue weighted by Gasteiger charge is -2.33. The molecule has 1 rings (SSSR count). The molecule has 0 aliphatic carbocycles. The molecular formula is C21H42N2. The molecule has 0 bridgehead atoms. The van der Waals surface area contributed by atoms with Gasteiger partial charge < -0.3 is 9.80 Å². The molecule has 1 aliphatic heterocycles. The molecular weight excluding hydrogens is 280 g/mol. The van der Waals surface area contributed by atoms with E-state index < -0.39 is 0 Å². The smallest absolute Gasteiger partial charge is 0.101 e. The fraction of sp³-hybridized carbons (Fsp3) is 0.905. The molecule has 2 nitrogen and oxygen atoms in total. The molecule has 0 amide bonds. The zero-order chi connectivity index (χ0) is 16.8. The Morgan fingerprint density at radius 2 is 1.00 bits per heavy atom. The van der Waals surface area contributed by atoms with Gasteiger partial charge in [0, 0.05) is 25.5 Å². The van der Waals surface area contributed by atoms with Crippen molar-refractivity contribution >= 4 is 0 Å². The maximum Gasteiger partial charge on any atom is 0.101 e. The highest BCUT2D eigenvalue weighted by Gasteiger charge is 2.24. The van der Waals surface area contributed by atoms with Gasteiger partial charge >= 0.3 is 0 Å². The van der Waals surface area contributed by atoms with Crippen molar-refractivity contribution in [3.8, 4) is 0 Å². The number of nitrogens with zero attached hydrogens (tertiary/aromatic N) is 2. The molecule has 136 valence electrons. The zero-order valence-corrected chi connectivity index (χ0v) is 16.2. The van der Waals surface area contributed by atoms with E-state index >= 15 is 0 Å². The Morgan fingerprint density at radius 3 is 1.48 bits per heavy atom. The Bertz CT molecular complexity index is 270. The first-order valence-corrected chi connectivity index (χ1v) is 10.5. The van der Waals surface area contributed by atoms with Crippen LogP contribution in [0.25, 0.3) is 0 Å². The van der Waals surface area contributed by atoms with Crippen molar-refractivity contribution in [1.82, 2.24) is 9.80 Å². The van der Waals surface area contributed by atoms with Crippen molar-refractivity contribution in [3.63, 3.8) is 0 Å². The molecule has 0 aromatic heterocycles. The van der Waals surface area contributed by atoms with Crippen LogP contribution in [0, 0.1) is 0 Å². The number of unbranched alkanes of at least 4 members (excludes halogenated alkanes) is 9. The number of hydrogen-bond acceptors (Lipinski definition) is 2. The van der Waals surface area contributed by atoms with Crippen LogP contribution < -0.4 is 0 Å². The molecule has 1 aliphatic rings. The van der Waals surface area contributed by atoms with E-state index in [1.807, 2.05) is 0 Å². The summed E-state index contributed by atoms with van der Waals surface area (Å²) >= 11 is 0. The second-order valence-corrected chi connectivity index (χ2v) is 7.23. The summed E-state index contributed by atoms with van der Waals surface area (Å²) in [5.74, 6) is 0. The summed E-state index contributed by atoms with van der Waals surface area (Å²) in [6.07, 6.45) is 23.3. The SMILES string of the molecule is CCCCCCCCCCC1N(CCCC)C=CN1CCCC. The standard InChI is InChI=1S/C21H42N2/c1-4-7-10-11-12-13-14-15-16-21-22(17-8-5-2)19-20-23(21)18-9-6-3/h19-21H,4-18H2,1-3H3. The third kappa shape index (κ3) is 8.67. The van der Waals surface area contributed by atoms with E-state index in [2.05, 4.69) is 43.0 Å². The topological polar surface area (TPSA) is 6.48 Å². The van der Waals surface area contributed by atoms with Crippen LogP contribution in [-0.2, 0) is 0 Å². The average molecular weight is 323 g/mol. The van der Waals surface area contributed by atoms with Crippen molar-refractivity contribution in [1.29, 1.82) is 0 Å². The van der Waals surface area contributed by atoms with Crippen molar-refractivity contribution in [2.45, 2.75) is 110 Å². The van der Waals surface area contributed by atoms with Gasteiger partial charge in [-0.25, -0.2) is 0 Å². The highest BCUT2D eigenvalue weighted by Crippen LogP contribution is 2.23. The quantitative estimate of drug-likeness (QED) is 0.316. The van der Waals surface area contributed by atoms with Crippen LogP contribution >= 0.6 is 0 Å². The lowest BCUT2D eigenvalue weighted by atomic mass is 10.1. The molecule has 0 atom stereocenters. The van der Waals surface area contributed by atoms with Crippen LogP contribution in [0.2, 0.25) is 0 Å². The molecule has 23 heavy (non-hydrogen) atoms. The number of hydrogen-bond donors (Lipinski definition) is 0. The van der Waals surface area contributed by atoms with E-state index in [1.54, 1.807) is 0 Å². The summed E-state index contributed by atoms with van der Waals surface area (Å²) in [5, 5.41) is 0. The van der Waals surface area contributed by atoms with Crippen molar-refractivity contribution < 1.29 is 0 Å². The lowest BCUT2D eigenvalue weighted by Crippen LogP contribution is -2.39. The van der Waals surface area contributed by atoms with Gasteiger partial charge in [-0.2, -0.15) is 0 Å². The van der Waals surface area contributed by atoms with E-state index in [0.29, 0.717) is 6.17 Å². The van der Waals surface area contributed by atoms with Crippen molar-refractivity contribution in [3.05, 3.63) is 12.4 Å². The first-order valence-electron chi connectivity index (χ1n) is 10.5. The van der Waals surface area contributed by atoms with Crippen LogP contribution in [0.3, 0.4) is 0 Å². The molecule has 0 aromatic rings. The van der Waals surface area contributed by atoms with Crippen LogP contribution in [-0.4, -0.2) is 29.1 Å². The Labute approximate surface area is 146 Å². The molecule has 0 saturated carbocycles. The summed E-state index contributed by atoms with van der Waals surface area (Å²) in [5.41, 5.74) is 0. The van der Waals surface area contributed by atoms with Crippen LogP contribution in [0.1, 0.15) is 104 Å². The molecule has 0 saturated heterocycles. The highest BCUT2D eigenvalue weighted by molar-refractivity contribution is 4.96. The Hall–Kier alpha value is -0.660. The van der Waals surface area contributed by atoms with Gasteiger partial charge in [0.25, 0.3) is 0 Å². The van der Waals surface area contributed by atoms with Crippen LogP contribution in [0.4, 0.5) is 0 Å². The van der Waals surface area contributed by atoms with E-state index in [4.69, 9.17) is 0 Å². The van der Waals surface area contributed by atoms with E-state index in [0.717, 1.165) is 0 Å². The van der Waals surface area contributed by atoms with Gasteiger partial charge in [0.2, 0.25) is 0 Å². The second-order valence-electron chi connectivity index (χ2n) is 7.23. The first kappa shape index (κ1) is 20.4. The third-order valence-electron chi connectivity index (χ3n) is 5.07. The van der Waals surface area contributed by atoms with Crippen molar-refractivity contribution in [2.24, 2.45) is 0 Å². The van der Waals surface area contributed by atoms with E-state index in [-0.39, 0.29) is 0 Å². The van der Waals surface area contributed by atoms with Gasteiger partial charge in [-0.1, -0.05) is 78.6 Å². The van der Waals surface area contributed by atoms with Crippen molar-refractivity contribution in [2.75, 3.05) is 13.1 Å². The van der Waals surface area contributed by atoms with Crippen LogP contribution in [0.15, 0.2) is 12.4 Å². The summed E-state index contributed by atoms with van der Waals surface area (Å²) in [6, 6.07) is 0. The first-order chi connectivity index (χ1) is 11.3. The summed E-state index contributed by atoms with van der Waals surface area (Å²) in [6.45, 7) is 9.35. The molecule has 2 heteroatoms. The summed E-state index contributed by atoms with van der Waals surface area (Å²) in [7, 11) is 0. The molecule has 1 heterocycles. The largest absolute Gasteiger partial charge is 0.356 e. The molecule has 0 aromatic carbocycles. The monoisotopic (exact) mass is 322 g/mol. The Balaban J connectivity index is 2.22. The van der Waals surface area contributed by atoms with E-state index in [9.17, 15) is 0 Å². The van der Waals surface area contributed by atoms with Gasteiger partial charge in [0.1, 0.15) is 6.17 Å². The third-order valence-corrected chi connectivity index (χ3v) is 5.07. The molecule has 0 N–H and O–H groups in total. The minimum absolute atomic E-state index is 0.646. The minimum Gasteiger partial charge on any atom is -0.356 e. The van der Waals surface area contributed by atoms with Crippen LogP contribution in [0.5, 0.6) is 0 Å². The predicted octanol–water partition coefficient (Wildman–Crippen LogP) is 6.53. The van der Waals surface area contributed by atoms with Gasteiger partial charge in [0.05, 0.1) is 0 Å². The fourth-order valence-electron chi connectivity index (χ4n) is 3.48. The second kappa shape index (κ2) is 13.7. The van der Waals surface area contributed by atoms with Gasteiger partial charge in [0.15, 0.2) is 0 Å². The normalized spacial score (nSPS) is 15.1. The number of rotatable bonds is 15.